The lowest BCUT2D eigenvalue weighted by molar-refractivity contribution is 0.0697. The molecule has 0 atom stereocenters. The van der Waals surface area contributed by atoms with Gasteiger partial charge in [0.2, 0.25) is 0 Å². The van der Waals surface area contributed by atoms with E-state index in [0.29, 0.717) is 5.69 Å². The van der Waals surface area contributed by atoms with Gasteiger partial charge in [-0.25, -0.2) is 4.79 Å². The van der Waals surface area contributed by atoms with Crippen molar-refractivity contribution in [3.05, 3.63) is 42.1 Å². The molecule has 2 rings (SSSR count). The van der Waals surface area contributed by atoms with Crippen LogP contribution in [0.15, 0.2) is 36.5 Å². The molecule has 0 aliphatic rings. The highest BCUT2D eigenvalue weighted by Crippen LogP contribution is 2.21. The SMILES string of the molecule is CCCCn1cc(C(=O)O)c(-c2ccccc2)n1. The van der Waals surface area contributed by atoms with Gasteiger partial charge in [-0.05, 0) is 6.42 Å². The van der Waals surface area contributed by atoms with Crippen molar-refractivity contribution in [2.45, 2.75) is 26.3 Å². The number of unbranched alkanes of at least 4 members (excludes halogenated alkanes) is 1. The fourth-order valence-corrected chi connectivity index (χ4v) is 1.82. The van der Waals surface area contributed by atoms with E-state index < -0.39 is 5.97 Å². The summed E-state index contributed by atoms with van der Waals surface area (Å²) >= 11 is 0. The molecular weight excluding hydrogens is 228 g/mol. The van der Waals surface area contributed by atoms with Crippen LogP contribution in [0.1, 0.15) is 30.1 Å². The van der Waals surface area contributed by atoms with Gasteiger partial charge >= 0.3 is 5.97 Å². The molecule has 0 saturated heterocycles. The molecule has 4 heteroatoms. The van der Waals surface area contributed by atoms with E-state index in [1.165, 1.54) is 0 Å². The Morgan fingerprint density at radius 3 is 2.67 bits per heavy atom. The molecule has 0 aliphatic carbocycles. The van der Waals surface area contributed by atoms with Crippen LogP contribution in [0.5, 0.6) is 0 Å². The number of hydrogen-bond donors (Lipinski definition) is 1. The van der Waals surface area contributed by atoms with Crippen LogP contribution in [0.4, 0.5) is 0 Å². The number of carbonyl (C=O) groups is 1. The van der Waals surface area contributed by atoms with E-state index in [4.69, 9.17) is 0 Å². The maximum absolute atomic E-state index is 11.2. The van der Waals surface area contributed by atoms with Gasteiger partial charge in [-0.3, -0.25) is 4.68 Å². The van der Waals surface area contributed by atoms with Crippen molar-refractivity contribution in [3.8, 4) is 11.3 Å². The number of benzene rings is 1. The van der Waals surface area contributed by atoms with E-state index >= 15 is 0 Å². The lowest BCUT2D eigenvalue weighted by Gasteiger charge is -1.99. The van der Waals surface area contributed by atoms with Crippen LogP contribution in [-0.2, 0) is 6.54 Å². The standard InChI is InChI=1S/C14H16N2O2/c1-2-3-9-16-10-12(14(17)18)13(15-16)11-7-5-4-6-8-11/h4-8,10H,2-3,9H2,1H3,(H,17,18). The van der Waals surface area contributed by atoms with E-state index in [1.54, 1.807) is 10.9 Å². The fraction of sp³-hybridized carbons (Fsp3) is 0.286. The van der Waals surface area contributed by atoms with E-state index in [2.05, 4.69) is 12.0 Å². The van der Waals surface area contributed by atoms with Gasteiger partial charge in [-0.2, -0.15) is 5.10 Å². The van der Waals surface area contributed by atoms with Gasteiger partial charge in [0, 0.05) is 18.3 Å². The van der Waals surface area contributed by atoms with Gasteiger partial charge in [-0.1, -0.05) is 43.7 Å². The van der Waals surface area contributed by atoms with Crippen LogP contribution in [0.2, 0.25) is 0 Å². The van der Waals surface area contributed by atoms with Crippen LogP contribution >= 0.6 is 0 Å². The average Bonchev–Trinajstić information content (AvgIpc) is 2.82. The third-order valence-corrected chi connectivity index (χ3v) is 2.78. The van der Waals surface area contributed by atoms with Gasteiger partial charge in [0.25, 0.3) is 0 Å². The summed E-state index contributed by atoms with van der Waals surface area (Å²) in [4.78, 5) is 11.2. The van der Waals surface area contributed by atoms with Crippen molar-refractivity contribution in [1.82, 2.24) is 9.78 Å². The van der Waals surface area contributed by atoms with E-state index in [0.717, 1.165) is 24.9 Å². The molecule has 0 saturated carbocycles. The summed E-state index contributed by atoms with van der Waals surface area (Å²) in [5.74, 6) is -0.934. The molecule has 4 nitrogen and oxygen atoms in total. The number of carboxylic acid groups (broad SMARTS) is 1. The first-order valence-electron chi connectivity index (χ1n) is 6.08. The molecule has 0 radical (unpaired) electrons. The van der Waals surface area contributed by atoms with E-state index in [-0.39, 0.29) is 5.56 Å². The minimum atomic E-state index is -0.934. The molecule has 0 fully saturated rings. The Morgan fingerprint density at radius 2 is 2.06 bits per heavy atom. The first-order valence-corrected chi connectivity index (χ1v) is 6.08. The second-order valence-corrected chi connectivity index (χ2v) is 4.18. The van der Waals surface area contributed by atoms with Crippen LogP contribution < -0.4 is 0 Å². The van der Waals surface area contributed by atoms with Crippen molar-refractivity contribution >= 4 is 5.97 Å². The summed E-state index contributed by atoms with van der Waals surface area (Å²) in [5, 5.41) is 13.6. The smallest absolute Gasteiger partial charge is 0.339 e. The Bertz CT molecular complexity index is 532. The Labute approximate surface area is 106 Å². The Hall–Kier alpha value is -2.10. The molecule has 0 unspecified atom stereocenters. The number of aromatic nitrogens is 2. The minimum absolute atomic E-state index is 0.261. The Morgan fingerprint density at radius 1 is 1.33 bits per heavy atom. The van der Waals surface area contributed by atoms with Crippen molar-refractivity contribution in [1.29, 1.82) is 0 Å². The average molecular weight is 244 g/mol. The van der Waals surface area contributed by atoms with Crippen LogP contribution in [-0.4, -0.2) is 20.9 Å². The Kier molecular flexibility index (Phi) is 3.77. The summed E-state index contributed by atoms with van der Waals surface area (Å²) in [6, 6.07) is 9.41. The maximum Gasteiger partial charge on any atom is 0.339 e. The molecule has 2 aromatic rings. The third-order valence-electron chi connectivity index (χ3n) is 2.78. The lowest BCUT2D eigenvalue weighted by Crippen LogP contribution is -1.98. The van der Waals surface area contributed by atoms with Crippen LogP contribution in [0.25, 0.3) is 11.3 Å². The highest BCUT2D eigenvalue weighted by atomic mass is 16.4. The molecular formula is C14H16N2O2. The largest absolute Gasteiger partial charge is 0.478 e. The summed E-state index contributed by atoms with van der Waals surface area (Å²) in [6.07, 6.45) is 3.66. The quantitative estimate of drug-likeness (QED) is 0.879. The molecule has 94 valence electrons. The van der Waals surface area contributed by atoms with Gasteiger partial charge in [0.15, 0.2) is 0 Å². The first kappa shape index (κ1) is 12.4. The number of aromatic carboxylic acids is 1. The van der Waals surface area contributed by atoms with Crippen molar-refractivity contribution in [2.24, 2.45) is 0 Å². The van der Waals surface area contributed by atoms with Crippen molar-refractivity contribution < 1.29 is 9.90 Å². The van der Waals surface area contributed by atoms with Gasteiger partial charge < -0.3 is 5.11 Å². The van der Waals surface area contributed by atoms with Crippen molar-refractivity contribution in [3.63, 3.8) is 0 Å². The predicted octanol–water partition coefficient (Wildman–Crippen LogP) is 3.05. The van der Waals surface area contributed by atoms with E-state index in [1.807, 2.05) is 30.3 Å². The first-order chi connectivity index (χ1) is 8.72. The minimum Gasteiger partial charge on any atom is -0.478 e. The molecule has 0 bridgehead atoms. The lowest BCUT2D eigenvalue weighted by atomic mass is 10.1. The highest BCUT2D eigenvalue weighted by Gasteiger charge is 2.16. The number of hydrogen-bond acceptors (Lipinski definition) is 2. The molecule has 1 aromatic carbocycles. The summed E-state index contributed by atoms with van der Waals surface area (Å²) in [7, 11) is 0. The third kappa shape index (κ3) is 2.59. The predicted molar refractivity (Wildman–Crippen MR) is 69.5 cm³/mol. The second-order valence-electron chi connectivity index (χ2n) is 4.18. The molecule has 0 spiro atoms. The zero-order valence-corrected chi connectivity index (χ0v) is 10.3. The van der Waals surface area contributed by atoms with Gasteiger partial charge in [0.05, 0.1) is 0 Å². The molecule has 1 N–H and O–H groups in total. The molecule has 0 aliphatic heterocycles. The fourth-order valence-electron chi connectivity index (χ4n) is 1.82. The molecule has 18 heavy (non-hydrogen) atoms. The van der Waals surface area contributed by atoms with Gasteiger partial charge in [0.1, 0.15) is 11.3 Å². The molecule has 0 amide bonds. The summed E-state index contributed by atoms with van der Waals surface area (Å²) < 4.78 is 1.72. The topological polar surface area (TPSA) is 55.1 Å². The Balaban J connectivity index is 2.39. The van der Waals surface area contributed by atoms with E-state index in [9.17, 15) is 9.90 Å². The molecule has 1 aromatic heterocycles. The number of aryl methyl sites for hydroxylation is 1. The summed E-state index contributed by atoms with van der Waals surface area (Å²) in [6.45, 7) is 2.85. The van der Waals surface area contributed by atoms with Gasteiger partial charge in [-0.15, -0.1) is 0 Å². The molecule has 1 heterocycles. The zero-order valence-electron chi connectivity index (χ0n) is 10.3. The van der Waals surface area contributed by atoms with Crippen LogP contribution in [0, 0.1) is 0 Å². The second kappa shape index (κ2) is 5.49. The van der Waals surface area contributed by atoms with Crippen LogP contribution in [0.3, 0.4) is 0 Å². The maximum atomic E-state index is 11.2. The van der Waals surface area contributed by atoms with Crippen molar-refractivity contribution in [2.75, 3.05) is 0 Å². The summed E-state index contributed by atoms with van der Waals surface area (Å²) in [5.41, 5.74) is 1.64. The highest BCUT2D eigenvalue weighted by molar-refractivity contribution is 5.94. The number of carboxylic acids is 1. The monoisotopic (exact) mass is 244 g/mol. The number of nitrogens with zero attached hydrogens (tertiary/aromatic N) is 2. The normalized spacial score (nSPS) is 10.5. The zero-order chi connectivity index (χ0) is 13.0. The number of rotatable bonds is 5.